The lowest BCUT2D eigenvalue weighted by Crippen LogP contribution is -2.30. The van der Waals surface area contributed by atoms with Gasteiger partial charge in [-0.25, -0.2) is 0 Å². The van der Waals surface area contributed by atoms with E-state index >= 15 is 0 Å². The summed E-state index contributed by atoms with van der Waals surface area (Å²) in [6.45, 7) is 11.6. The molecule has 0 fully saturated rings. The summed E-state index contributed by atoms with van der Waals surface area (Å²) in [6, 6.07) is 4.38. The molecule has 0 radical (unpaired) electrons. The van der Waals surface area contributed by atoms with Crippen molar-refractivity contribution in [3.8, 4) is 12.3 Å². The summed E-state index contributed by atoms with van der Waals surface area (Å²) in [5, 5.41) is 8.97. The van der Waals surface area contributed by atoms with Gasteiger partial charge in [0.2, 0.25) is 0 Å². The van der Waals surface area contributed by atoms with E-state index in [1.54, 1.807) is 4.90 Å². The van der Waals surface area contributed by atoms with E-state index in [-0.39, 0.29) is 12.0 Å². The van der Waals surface area contributed by atoms with E-state index in [0.29, 0.717) is 13.1 Å². The first-order chi connectivity index (χ1) is 9.65. The minimum atomic E-state index is -0.855. The summed E-state index contributed by atoms with van der Waals surface area (Å²) in [5.74, 6) is 1.68. The Balaban J connectivity index is 3.08. The zero-order valence-corrected chi connectivity index (χ0v) is 13.7. The first-order valence-electron chi connectivity index (χ1n) is 7.13. The second kappa shape index (κ2) is 6.78. The maximum absolute atomic E-state index is 10.9. The standard InChI is InChI=1S/C18H25NO2/c1-7-8-19(12-17(20)21)11-16-13(2)9-15(10-14(16)3)18(4,5)6/h1,9-10H,8,11-12H2,2-6H3,(H,20,21). The van der Waals surface area contributed by atoms with Gasteiger partial charge in [-0.2, -0.15) is 0 Å². The molecule has 0 bridgehead atoms. The van der Waals surface area contributed by atoms with Gasteiger partial charge >= 0.3 is 5.97 Å². The SMILES string of the molecule is C#CCN(CC(=O)O)Cc1c(C)cc(C(C)(C)C)cc1C. The molecule has 1 aromatic carbocycles. The van der Waals surface area contributed by atoms with Crippen LogP contribution in [-0.4, -0.2) is 29.1 Å². The smallest absolute Gasteiger partial charge is 0.317 e. The summed E-state index contributed by atoms with van der Waals surface area (Å²) >= 11 is 0. The van der Waals surface area contributed by atoms with Crippen molar-refractivity contribution < 1.29 is 9.90 Å². The van der Waals surface area contributed by atoms with Gasteiger partial charge in [-0.15, -0.1) is 6.42 Å². The van der Waals surface area contributed by atoms with Gasteiger partial charge in [-0.05, 0) is 41.5 Å². The van der Waals surface area contributed by atoms with Gasteiger partial charge in [0.05, 0.1) is 13.1 Å². The van der Waals surface area contributed by atoms with Crippen LogP contribution in [0.25, 0.3) is 0 Å². The number of rotatable bonds is 5. The number of aliphatic carboxylic acids is 1. The van der Waals surface area contributed by atoms with Crippen LogP contribution in [0.2, 0.25) is 0 Å². The maximum Gasteiger partial charge on any atom is 0.317 e. The van der Waals surface area contributed by atoms with E-state index in [9.17, 15) is 4.79 Å². The summed E-state index contributed by atoms with van der Waals surface area (Å²) in [5.41, 5.74) is 4.94. The first kappa shape index (κ1) is 17.3. The third kappa shape index (κ3) is 4.91. The molecule has 0 saturated carbocycles. The number of carboxylic acid groups (broad SMARTS) is 1. The molecule has 3 nitrogen and oxygen atoms in total. The molecule has 0 heterocycles. The van der Waals surface area contributed by atoms with Crippen molar-refractivity contribution in [2.24, 2.45) is 0 Å². The molecule has 0 saturated heterocycles. The Bertz CT molecular complexity index is 539. The average molecular weight is 287 g/mol. The summed E-state index contributed by atoms with van der Waals surface area (Å²) < 4.78 is 0. The lowest BCUT2D eigenvalue weighted by molar-refractivity contribution is -0.138. The molecule has 114 valence electrons. The number of carbonyl (C=O) groups is 1. The molecule has 1 rings (SSSR count). The van der Waals surface area contributed by atoms with Crippen LogP contribution in [0, 0.1) is 26.2 Å². The average Bonchev–Trinajstić information content (AvgIpc) is 2.31. The normalized spacial score (nSPS) is 11.5. The zero-order chi connectivity index (χ0) is 16.2. The van der Waals surface area contributed by atoms with E-state index in [2.05, 4.69) is 52.7 Å². The van der Waals surface area contributed by atoms with Gasteiger partial charge in [-0.3, -0.25) is 9.69 Å². The summed E-state index contributed by atoms with van der Waals surface area (Å²) in [7, 11) is 0. The van der Waals surface area contributed by atoms with Crippen molar-refractivity contribution in [1.82, 2.24) is 4.90 Å². The molecule has 0 aliphatic rings. The molecule has 0 amide bonds. The van der Waals surface area contributed by atoms with Crippen molar-refractivity contribution in [2.45, 2.75) is 46.6 Å². The number of hydrogen-bond acceptors (Lipinski definition) is 2. The van der Waals surface area contributed by atoms with Crippen molar-refractivity contribution >= 4 is 5.97 Å². The second-order valence-corrected chi connectivity index (χ2v) is 6.58. The topological polar surface area (TPSA) is 40.5 Å². The van der Waals surface area contributed by atoms with E-state index < -0.39 is 5.97 Å². The van der Waals surface area contributed by atoms with E-state index in [4.69, 9.17) is 11.5 Å². The van der Waals surface area contributed by atoms with E-state index in [1.807, 2.05) is 0 Å². The zero-order valence-electron chi connectivity index (χ0n) is 13.7. The quantitative estimate of drug-likeness (QED) is 0.846. The Morgan fingerprint density at radius 3 is 2.19 bits per heavy atom. The van der Waals surface area contributed by atoms with E-state index in [1.165, 1.54) is 22.3 Å². The van der Waals surface area contributed by atoms with Gasteiger partial charge < -0.3 is 5.11 Å². The highest BCUT2D eigenvalue weighted by Gasteiger charge is 2.18. The third-order valence-electron chi connectivity index (χ3n) is 3.62. The Morgan fingerprint density at radius 1 is 1.29 bits per heavy atom. The van der Waals surface area contributed by atoms with Crippen molar-refractivity contribution in [3.05, 3.63) is 34.4 Å². The van der Waals surface area contributed by atoms with Gasteiger partial charge in [-0.1, -0.05) is 38.8 Å². The number of hydrogen-bond donors (Lipinski definition) is 1. The van der Waals surface area contributed by atoms with Crippen molar-refractivity contribution in [1.29, 1.82) is 0 Å². The van der Waals surface area contributed by atoms with Crippen molar-refractivity contribution in [3.63, 3.8) is 0 Å². The van der Waals surface area contributed by atoms with Crippen molar-refractivity contribution in [2.75, 3.05) is 13.1 Å². The Hall–Kier alpha value is -1.79. The predicted molar refractivity (Wildman–Crippen MR) is 86.4 cm³/mol. The minimum Gasteiger partial charge on any atom is -0.480 e. The molecule has 0 aliphatic heterocycles. The van der Waals surface area contributed by atoms with Gasteiger partial charge in [0.15, 0.2) is 0 Å². The van der Waals surface area contributed by atoms with E-state index in [0.717, 1.165) is 0 Å². The highest BCUT2D eigenvalue weighted by Crippen LogP contribution is 2.27. The molecule has 0 aliphatic carbocycles. The Morgan fingerprint density at radius 2 is 1.81 bits per heavy atom. The van der Waals surface area contributed by atoms with Crippen LogP contribution in [-0.2, 0) is 16.8 Å². The van der Waals surface area contributed by atoms with Gasteiger partial charge in [0.1, 0.15) is 0 Å². The Labute approximate surface area is 128 Å². The lowest BCUT2D eigenvalue weighted by Gasteiger charge is -2.25. The number of benzene rings is 1. The van der Waals surface area contributed by atoms with Crippen LogP contribution in [0.4, 0.5) is 0 Å². The van der Waals surface area contributed by atoms with Gasteiger partial charge in [0, 0.05) is 6.54 Å². The second-order valence-electron chi connectivity index (χ2n) is 6.58. The molecule has 1 aromatic rings. The highest BCUT2D eigenvalue weighted by atomic mass is 16.4. The highest BCUT2D eigenvalue weighted by molar-refractivity contribution is 5.69. The largest absolute Gasteiger partial charge is 0.480 e. The van der Waals surface area contributed by atoms with Gasteiger partial charge in [0.25, 0.3) is 0 Å². The maximum atomic E-state index is 10.9. The Kier molecular flexibility index (Phi) is 5.57. The monoisotopic (exact) mass is 287 g/mol. The molecule has 0 unspecified atom stereocenters. The van der Waals surface area contributed by atoms with Crippen LogP contribution < -0.4 is 0 Å². The van der Waals surface area contributed by atoms with Crippen LogP contribution in [0.3, 0.4) is 0 Å². The van der Waals surface area contributed by atoms with Crippen LogP contribution in [0.15, 0.2) is 12.1 Å². The predicted octanol–water partition coefficient (Wildman–Crippen LogP) is 3.12. The number of carboxylic acids is 1. The summed E-state index contributed by atoms with van der Waals surface area (Å²) in [6.07, 6.45) is 5.33. The fourth-order valence-electron chi connectivity index (χ4n) is 2.39. The fourth-order valence-corrected chi connectivity index (χ4v) is 2.39. The molecule has 0 spiro atoms. The first-order valence-corrected chi connectivity index (χ1v) is 7.13. The fraction of sp³-hybridized carbons (Fsp3) is 0.500. The number of terminal acetylenes is 1. The number of nitrogens with zero attached hydrogens (tertiary/aromatic N) is 1. The van der Waals surface area contributed by atoms with Crippen LogP contribution >= 0.6 is 0 Å². The molecule has 3 heteroatoms. The summed E-state index contributed by atoms with van der Waals surface area (Å²) in [4.78, 5) is 12.7. The van der Waals surface area contributed by atoms with Crippen LogP contribution in [0.5, 0.6) is 0 Å². The molecule has 1 N–H and O–H groups in total. The molecular weight excluding hydrogens is 262 g/mol. The lowest BCUT2D eigenvalue weighted by atomic mass is 9.84. The minimum absolute atomic E-state index is 0.0376. The number of aryl methyl sites for hydroxylation is 2. The third-order valence-corrected chi connectivity index (χ3v) is 3.62. The molecule has 0 atom stereocenters. The van der Waals surface area contributed by atoms with Crippen LogP contribution in [0.1, 0.15) is 43.0 Å². The molecule has 21 heavy (non-hydrogen) atoms. The molecule has 0 aromatic heterocycles. The molecular formula is C18H25NO2.